The average Bonchev–Trinajstić information content (AvgIpc) is 2.95. The van der Waals surface area contributed by atoms with Crippen LogP contribution in [0.15, 0.2) is 54.6 Å². The molecule has 0 heteroatoms. The van der Waals surface area contributed by atoms with Crippen LogP contribution in [0, 0.1) is 20.8 Å². The molecule has 0 saturated carbocycles. The van der Waals surface area contributed by atoms with Gasteiger partial charge in [-0.15, -0.1) is 0 Å². The molecule has 0 unspecified atom stereocenters. The fraction of sp³-hybridized carbons (Fsp3) is 0.357. The molecule has 0 fully saturated rings. The van der Waals surface area contributed by atoms with E-state index in [1.54, 1.807) is 11.1 Å². The van der Waals surface area contributed by atoms with Gasteiger partial charge in [0.2, 0.25) is 0 Å². The van der Waals surface area contributed by atoms with Crippen LogP contribution in [0.4, 0.5) is 0 Å². The number of hydrogen-bond acceptors (Lipinski definition) is 0. The molecule has 0 heterocycles. The number of benzene rings is 3. The van der Waals surface area contributed by atoms with Crippen molar-refractivity contribution in [3.05, 3.63) is 82.4 Å². The third kappa shape index (κ3) is 2.82. The largest absolute Gasteiger partial charge is 0.0653 e. The highest BCUT2D eigenvalue weighted by Gasteiger charge is 2.41. The Labute approximate surface area is 170 Å². The molecular formula is C28H32. The average molecular weight is 369 g/mol. The number of hydrogen-bond donors (Lipinski definition) is 0. The fourth-order valence-electron chi connectivity index (χ4n) is 5.41. The molecule has 0 aromatic heterocycles. The van der Waals surface area contributed by atoms with Crippen LogP contribution in [-0.2, 0) is 5.41 Å². The van der Waals surface area contributed by atoms with Crippen LogP contribution in [0.1, 0.15) is 67.3 Å². The predicted octanol–water partition coefficient (Wildman–Crippen LogP) is 8.15. The fourth-order valence-corrected chi connectivity index (χ4v) is 5.41. The van der Waals surface area contributed by atoms with Crippen LogP contribution in [0.3, 0.4) is 0 Å². The van der Waals surface area contributed by atoms with Gasteiger partial charge in [-0.2, -0.15) is 0 Å². The van der Waals surface area contributed by atoms with Gasteiger partial charge in [0.25, 0.3) is 0 Å². The molecule has 28 heavy (non-hydrogen) atoms. The van der Waals surface area contributed by atoms with Crippen LogP contribution in [-0.4, -0.2) is 0 Å². The summed E-state index contributed by atoms with van der Waals surface area (Å²) in [6.45, 7) is 11.3. The Morgan fingerprint density at radius 3 is 1.96 bits per heavy atom. The minimum absolute atomic E-state index is 0.166. The van der Waals surface area contributed by atoms with Gasteiger partial charge in [0.15, 0.2) is 0 Å². The molecule has 0 aliphatic heterocycles. The van der Waals surface area contributed by atoms with Crippen molar-refractivity contribution in [2.75, 3.05) is 0 Å². The summed E-state index contributed by atoms with van der Waals surface area (Å²) in [7, 11) is 0. The maximum Gasteiger partial charge on any atom is 0.0215 e. The third-order valence-corrected chi connectivity index (χ3v) is 6.77. The lowest BCUT2D eigenvalue weighted by Gasteiger charge is -2.32. The van der Waals surface area contributed by atoms with Crippen molar-refractivity contribution in [2.45, 2.75) is 65.7 Å². The van der Waals surface area contributed by atoms with Gasteiger partial charge >= 0.3 is 0 Å². The Morgan fingerprint density at radius 1 is 0.607 bits per heavy atom. The zero-order valence-corrected chi connectivity index (χ0v) is 18.0. The molecule has 0 bridgehead atoms. The van der Waals surface area contributed by atoms with E-state index >= 15 is 0 Å². The summed E-state index contributed by atoms with van der Waals surface area (Å²) in [6, 6.07) is 21.0. The quantitative estimate of drug-likeness (QED) is 0.426. The summed E-state index contributed by atoms with van der Waals surface area (Å²) in [5, 5.41) is 0. The first-order valence-electron chi connectivity index (χ1n) is 10.8. The van der Waals surface area contributed by atoms with E-state index in [4.69, 9.17) is 0 Å². The molecule has 0 N–H and O–H groups in total. The lowest BCUT2D eigenvalue weighted by Crippen LogP contribution is -2.25. The molecule has 0 saturated heterocycles. The summed E-state index contributed by atoms with van der Waals surface area (Å²) in [6.07, 6.45) is 4.86. The first kappa shape index (κ1) is 19.0. The standard InChI is InChI=1S/C28H32/c1-6-14-28(15-7-2)26-11-9-8-10-23(26)24-13-12-22(18-27(24)28)25-17-20(4)19(3)16-21(25)5/h8-13,16-18H,6-7,14-15H2,1-5H3. The highest BCUT2D eigenvalue weighted by Crippen LogP contribution is 2.54. The van der Waals surface area contributed by atoms with E-state index < -0.39 is 0 Å². The minimum Gasteiger partial charge on any atom is -0.0653 e. The molecule has 3 aromatic carbocycles. The second-order valence-corrected chi connectivity index (χ2v) is 8.64. The third-order valence-electron chi connectivity index (χ3n) is 6.77. The van der Waals surface area contributed by atoms with E-state index in [-0.39, 0.29) is 5.41 Å². The van der Waals surface area contributed by atoms with Gasteiger partial charge in [-0.25, -0.2) is 0 Å². The van der Waals surface area contributed by atoms with Gasteiger partial charge in [-0.3, -0.25) is 0 Å². The number of rotatable bonds is 5. The SMILES string of the molecule is CCCC1(CCC)c2ccccc2-c2ccc(-c3cc(C)c(C)cc3C)cc21. The Morgan fingerprint density at radius 2 is 1.25 bits per heavy atom. The summed E-state index contributed by atoms with van der Waals surface area (Å²) >= 11 is 0. The predicted molar refractivity (Wildman–Crippen MR) is 122 cm³/mol. The second kappa shape index (κ2) is 7.24. The van der Waals surface area contributed by atoms with E-state index in [0.717, 1.165) is 0 Å². The zero-order chi connectivity index (χ0) is 19.9. The Hall–Kier alpha value is -2.34. The monoisotopic (exact) mass is 368 g/mol. The molecule has 0 spiro atoms. The Balaban J connectivity index is 1.96. The lowest BCUT2D eigenvalue weighted by atomic mass is 9.71. The number of aryl methyl sites for hydroxylation is 3. The molecule has 3 aromatic rings. The molecule has 0 amide bonds. The van der Waals surface area contributed by atoms with Gasteiger partial charge < -0.3 is 0 Å². The van der Waals surface area contributed by atoms with Crippen LogP contribution in [0.5, 0.6) is 0 Å². The number of fused-ring (bicyclic) bond motifs is 3. The maximum absolute atomic E-state index is 2.51. The Kier molecular flexibility index (Phi) is 4.91. The highest BCUT2D eigenvalue weighted by molar-refractivity contribution is 5.84. The molecule has 0 atom stereocenters. The van der Waals surface area contributed by atoms with Gasteiger partial charge in [0, 0.05) is 5.41 Å². The van der Waals surface area contributed by atoms with Gasteiger partial charge in [0.05, 0.1) is 0 Å². The van der Waals surface area contributed by atoms with E-state index in [1.807, 2.05) is 0 Å². The highest BCUT2D eigenvalue weighted by atomic mass is 14.4. The maximum atomic E-state index is 2.51. The van der Waals surface area contributed by atoms with Gasteiger partial charge in [0.1, 0.15) is 0 Å². The normalized spacial score (nSPS) is 14.0. The van der Waals surface area contributed by atoms with Crippen molar-refractivity contribution in [3.8, 4) is 22.3 Å². The molecular weight excluding hydrogens is 336 g/mol. The van der Waals surface area contributed by atoms with Gasteiger partial charge in [-0.1, -0.05) is 75.2 Å². The summed E-state index contributed by atoms with van der Waals surface area (Å²) in [5.41, 5.74) is 13.0. The topological polar surface area (TPSA) is 0 Å². The van der Waals surface area contributed by atoms with E-state index in [0.29, 0.717) is 0 Å². The van der Waals surface area contributed by atoms with Crippen molar-refractivity contribution in [1.82, 2.24) is 0 Å². The molecule has 1 aliphatic rings. The van der Waals surface area contributed by atoms with Gasteiger partial charge in [-0.05, 0) is 89.8 Å². The van der Waals surface area contributed by atoms with E-state index in [9.17, 15) is 0 Å². The smallest absolute Gasteiger partial charge is 0.0215 e. The first-order chi connectivity index (χ1) is 13.5. The lowest BCUT2D eigenvalue weighted by molar-refractivity contribution is 0.436. The van der Waals surface area contributed by atoms with Crippen LogP contribution in [0.25, 0.3) is 22.3 Å². The summed E-state index contributed by atoms with van der Waals surface area (Å²) < 4.78 is 0. The van der Waals surface area contributed by atoms with Crippen molar-refractivity contribution < 1.29 is 0 Å². The van der Waals surface area contributed by atoms with Crippen LogP contribution in [0.2, 0.25) is 0 Å². The molecule has 0 radical (unpaired) electrons. The zero-order valence-electron chi connectivity index (χ0n) is 18.0. The molecule has 1 aliphatic carbocycles. The van der Waals surface area contributed by atoms with Crippen molar-refractivity contribution in [2.24, 2.45) is 0 Å². The molecule has 144 valence electrons. The van der Waals surface area contributed by atoms with Crippen molar-refractivity contribution >= 4 is 0 Å². The second-order valence-electron chi connectivity index (χ2n) is 8.64. The summed E-state index contributed by atoms with van der Waals surface area (Å²) in [5.74, 6) is 0. The van der Waals surface area contributed by atoms with Crippen LogP contribution >= 0.6 is 0 Å². The van der Waals surface area contributed by atoms with Crippen molar-refractivity contribution in [3.63, 3.8) is 0 Å². The van der Waals surface area contributed by atoms with Crippen molar-refractivity contribution in [1.29, 1.82) is 0 Å². The van der Waals surface area contributed by atoms with E-state index in [2.05, 4.69) is 89.2 Å². The summed E-state index contributed by atoms with van der Waals surface area (Å²) in [4.78, 5) is 0. The minimum atomic E-state index is 0.166. The molecule has 4 rings (SSSR count). The Bertz CT molecular complexity index is 1020. The molecule has 0 nitrogen and oxygen atoms in total. The first-order valence-corrected chi connectivity index (χ1v) is 10.8. The van der Waals surface area contributed by atoms with Crippen LogP contribution < -0.4 is 0 Å². The van der Waals surface area contributed by atoms with E-state index in [1.165, 1.54) is 64.6 Å².